The Hall–Kier alpha value is -1.17. The van der Waals surface area contributed by atoms with Gasteiger partial charge in [-0.25, -0.2) is 0 Å². The van der Waals surface area contributed by atoms with E-state index in [0.29, 0.717) is 17.2 Å². The van der Waals surface area contributed by atoms with E-state index in [2.05, 4.69) is 10.4 Å². The average Bonchev–Trinajstić information content (AvgIpc) is 2.86. The van der Waals surface area contributed by atoms with Crippen molar-refractivity contribution >= 4 is 16.7 Å². The topological polar surface area (TPSA) is 64.0 Å². The van der Waals surface area contributed by atoms with Crippen LogP contribution in [-0.4, -0.2) is 37.4 Å². The molecule has 0 aliphatic carbocycles. The molecule has 0 bridgehead atoms. The lowest BCUT2D eigenvalue weighted by Crippen LogP contribution is -2.35. The molecule has 2 unspecified atom stereocenters. The minimum Gasteiger partial charge on any atom is -0.347 e. The lowest BCUT2D eigenvalue weighted by atomic mass is 10.2. The summed E-state index contributed by atoms with van der Waals surface area (Å²) in [7, 11) is -0.768. The highest BCUT2D eigenvalue weighted by molar-refractivity contribution is 7.85. The molecule has 2 atom stereocenters. The second-order valence-electron chi connectivity index (χ2n) is 4.54. The zero-order chi connectivity index (χ0) is 12.4. The summed E-state index contributed by atoms with van der Waals surface area (Å²) in [5, 5.41) is 7.07. The Morgan fingerprint density at radius 1 is 1.65 bits per heavy atom. The predicted molar refractivity (Wildman–Crippen MR) is 66.4 cm³/mol. The van der Waals surface area contributed by atoms with Crippen molar-refractivity contribution in [1.29, 1.82) is 0 Å². The number of hydrogen-bond acceptors (Lipinski definition) is 3. The molecular formula is C11H17N3O2S. The van der Waals surface area contributed by atoms with E-state index in [-0.39, 0.29) is 18.0 Å². The van der Waals surface area contributed by atoms with Gasteiger partial charge in [0.25, 0.3) is 5.91 Å². The zero-order valence-corrected chi connectivity index (χ0v) is 10.9. The Morgan fingerprint density at radius 2 is 2.41 bits per heavy atom. The molecule has 0 saturated carbocycles. The summed E-state index contributed by atoms with van der Waals surface area (Å²) in [6, 6.07) is 1.99. The van der Waals surface area contributed by atoms with E-state index in [9.17, 15) is 9.00 Å². The van der Waals surface area contributed by atoms with Crippen molar-refractivity contribution in [3.8, 4) is 0 Å². The van der Waals surface area contributed by atoms with E-state index in [1.165, 1.54) is 0 Å². The molecule has 0 radical (unpaired) electrons. The lowest BCUT2D eigenvalue weighted by molar-refractivity contribution is 0.0935. The maximum absolute atomic E-state index is 11.9. The molecule has 1 aliphatic heterocycles. The molecule has 1 N–H and O–H groups in total. The predicted octanol–water partition coefficient (Wildman–Crippen LogP) is 0.715. The van der Waals surface area contributed by atoms with Crippen LogP contribution in [0.15, 0.2) is 12.3 Å². The molecule has 1 amide bonds. The summed E-state index contributed by atoms with van der Waals surface area (Å²) in [6.07, 6.45) is 2.59. The molecule has 2 heterocycles. The molecule has 1 aromatic heterocycles. The number of nitrogens with one attached hydrogen (secondary N) is 1. The highest BCUT2D eigenvalue weighted by Crippen LogP contribution is 2.09. The summed E-state index contributed by atoms with van der Waals surface area (Å²) in [4.78, 5) is 11.9. The van der Waals surface area contributed by atoms with Crippen LogP contribution in [0.25, 0.3) is 0 Å². The van der Waals surface area contributed by atoms with Crippen molar-refractivity contribution in [2.45, 2.75) is 32.4 Å². The average molecular weight is 255 g/mol. The van der Waals surface area contributed by atoms with Crippen molar-refractivity contribution in [3.63, 3.8) is 0 Å². The molecule has 2 rings (SSSR count). The number of carbonyl (C=O) groups is 1. The first-order chi connectivity index (χ1) is 8.06. The molecule has 0 spiro atoms. The quantitative estimate of drug-likeness (QED) is 0.865. The van der Waals surface area contributed by atoms with E-state index < -0.39 is 10.8 Å². The molecular weight excluding hydrogens is 238 g/mol. The van der Waals surface area contributed by atoms with Crippen LogP contribution in [-0.2, 0) is 10.8 Å². The molecule has 6 heteroatoms. The van der Waals surface area contributed by atoms with E-state index in [0.717, 1.165) is 6.42 Å². The molecule has 1 fully saturated rings. The van der Waals surface area contributed by atoms with Gasteiger partial charge in [0, 0.05) is 40.6 Å². The van der Waals surface area contributed by atoms with Crippen LogP contribution in [0.4, 0.5) is 0 Å². The Labute approximate surface area is 103 Å². The summed E-state index contributed by atoms with van der Waals surface area (Å²) >= 11 is 0. The smallest absolute Gasteiger partial charge is 0.272 e. The maximum Gasteiger partial charge on any atom is 0.272 e. The van der Waals surface area contributed by atoms with Crippen molar-refractivity contribution in [3.05, 3.63) is 18.0 Å². The highest BCUT2D eigenvalue weighted by Gasteiger charge is 2.23. The Kier molecular flexibility index (Phi) is 3.61. The summed E-state index contributed by atoms with van der Waals surface area (Å²) in [5.41, 5.74) is 0.427. The maximum atomic E-state index is 11.9. The van der Waals surface area contributed by atoms with Crippen molar-refractivity contribution in [2.24, 2.45) is 0 Å². The summed E-state index contributed by atoms with van der Waals surface area (Å²) in [6.45, 7) is 4.02. The third kappa shape index (κ3) is 2.94. The van der Waals surface area contributed by atoms with Gasteiger partial charge in [-0.15, -0.1) is 0 Å². The van der Waals surface area contributed by atoms with Gasteiger partial charge in [0.1, 0.15) is 5.69 Å². The van der Waals surface area contributed by atoms with Gasteiger partial charge in [-0.2, -0.15) is 5.10 Å². The van der Waals surface area contributed by atoms with Gasteiger partial charge in [-0.1, -0.05) is 0 Å². The lowest BCUT2D eigenvalue weighted by Gasteiger charge is -2.09. The molecule has 0 aromatic carbocycles. The second-order valence-corrected chi connectivity index (χ2v) is 6.17. The van der Waals surface area contributed by atoms with Gasteiger partial charge in [0.05, 0.1) is 0 Å². The van der Waals surface area contributed by atoms with Crippen molar-refractivity contribution in [1.82, 2.24) is 15.1 Å². The molecule has 1 saturated heterocycles. The highest BCUT2D eigenvalue weighted by atomic mass is 32.2. The van der Waals surface area contributed by atoms with Crippen molar-refractivity contribution in [2.75, 3.05) is 11.5 Å². The molecule has 1 aliphatic rings. The van der Waals surface area contributed by atoms with Gasteiger partial charge in [-0.3, -0.25) is 13.7 Å². The normalized spacial score (nSPS) is 24.2. The van der Waals surface area contributed by atoms with Crippen molar-refractivity contribution < 1.29 is 9.00 Å². The van der Waals surface area contributed by atoms with Crippen LogP contribution in [0, 0.1) is 0 Å². The van der Waals surface area contributed by atoms with Gasteiger partial charge in [-0.05, 0) is 26.3 Å². The van der Waals surface area contributed by atoms with Crippen LogP contribution < -0.4 is 5.32 Å². The number of carbonyl (C=O) groups excluding carboxylic acids is 1. The van der Waals surface area contributed by atoms with Crippen LogP contribution in [0.5, 0.6) is 0 Å². The fourth-order valence-electron chi connectivity index (χ4n) is 1.78. The first-order valence-corrected chi connectivity index (χ1v) is 7.26. The van der Waals surface area contributed by atoms with Gasteiger partial charge >= 0.3 is 0 Å². The molecule has 1 aromatic rings. The van der Waals surface area contributed by atoms with Crippen LogP contribution in [0.1, 0.15) is 36.8 Å². The van der Waals surface area contributed by atoms with Crippen LogP contribution in [0.3, 0.4) is 0 Å². The molecule has 17 heavy (non-hydrogen) atoms. The first kappa shape index (κ1) is 12.3. The second kappa shape index (κ2) is 5.00. The fraction of sp³-hybridized carbons (Fsp3) is 0.636. The Balaban J connectivity index is 1.97. The molecule has 94 valence electrons. The minimum absolute atomic E-state index is 0.0348. The fourth-order valence-corrected chi connectivity index (χ4v) is 3.20. The van der Waals surface area contributed by atoms with E-state index in [1.807, 2.05) is 13.8 Å². The van der Waals surface area contributed by atoms with E-state index in [1.54, 1.807) is 16.9 Å². The third-order valence-corrected chi connectivity index (χ3v) is 4.25. The van der Waals surface area contributed by atoms with Gasteiger partial charge in [0.15, 0.2) is 0 Å². The van der Waals surface area contributed by atoms with E-state index in [4.69, 9.17) is 0 Å². The van der Waals surface area contributed by atoms with E-state index >= 15 is 0 Å². The Morgan fingerprint density at radius 3 is 2.94 bits per heavy atom. The molecule has 5 nitrogen and oxygen atoms in total. The summed E-state index contributed by atoms with van der Waals surface area (Å²) < 4.78 is 13.0. The third-order valence-electron chi connectivity index (χ3n) is 2.79. The van der Waals surface area contributed by atoms with Gasteiger partial charge in [0.2, 0.25) is 0 Å². The number of nitrogens with zero attached hydrogens (tertiary/aromatic N) is 2. The number of aromatic nitrogens is 2. The number of hydrogen-bond donors (Lipinski definition) is 1. The van der Waals surface area contributed by atoms with Crippen LogP contribution in [0.2, 0.25) is 0 Å². The minimum atomic E-state index is -0.768. The van der Waals surface area contributed by atoms with Gasteiger partial charge < -0.3 is 5.32 Å². The van der Waals surface area contributed by atoms with Crippen LogP contribution >= 0.6 is 0 Å². The zero-order valence-electron chi connectivity index (χ0n) is 10.0. The number of amides is 1. The SMILES string of the molecule is CC(C)n1ccc(C(=O)NC2CCS(=O)C2)n1. The largest absolute Gasteiger partial charge is 0.347 e. The Bertz CT molecular complexity index is 442. The monoisotopic (exact) mass is 255 g/mol. The summed E-state index contributed by atoms with van der Waals surface area (Å²) in [5.74, 6) is 1.08. The standard InChI is InChI=1S/C11H17N3O2S/c1-8(2)14-5-3-10(13-14)11(15)12-9-4-6-17(16)7-9/h3,5,8-9H,4,6-7H2,1-2H3,(H,12,15). The number of rotatable bonds is 3. The first-order valence-electron chi connectivity index (χ1n) is 5.77.